The van der Waals surface area contributed by atoms with E-state index in [1.807, 2.05) is 35.2 Å². The standard InChI is InChI=1S/C14H18ClNO4S/c15-21(18,19)13-6-8-16(9-7-13)10-14(17)20-11-12-4-2-1-3-5-12/h1-5,13H,6-11H2. The van der Waals surface area contributed by atoms with Crippen LogP contribution in [0.3, 0.4) is 0 Å². The maximum Gasteiger partial charge on any atom is 0.320 e. The van der Waals surface area contributed by atoms with Crippen molar-refractivity contribution >= 4 is 25.7 Å². The van der Waals surface area contributed by atoms with Gasteiger partial charge in [-0.25, -0.2) is 8.42 Å². The monoisotopic (exact) mass is 331 g/mol. The molecule has 1 aromatic rings. The van der Waals surface area contributed by atoms with E-state index in [0.717, 1.165) is 5.56 Å². The molecule has 0 aromatic heterocycles. The molecule has 0 amide bonds. The number of ether oxygens (including phenoxy) is 1. The molecule has 21 heavy (non-hydrogen) atoms. The van der Waals surface area contributed by atoms with Crippen molar-refractivity contribution in [1.82, 2.24) is 4.90 Å². The molecule has 7 heteroatoms. The van der Waals surface area contributed by atoms with Crippen molar-refractivity contribution in [2.75, 3.05) is 19.6 Å². The van der Waals surface area contributed by atoms with E-state index in [2.05, 4.69) is 0 Å². The maximum atomic E-state index is 11.8. The number of esters is 1. The summed E-state index contributed by atoms with van der Waals surface area (Å²) >= 11 is 0. The molecule has 0 radical (unpaired) electrons. The highest BCUT2D eigenvalue weighted by Gasteiger charge is 2.29. The van der Waals surface area contributed by atoms with Crippen molar-refractivity contribution < 1.29 is 17.9 Å². The van der Waals surface area contributed by atoms with Gasteiger partial charge in [-0.05, 0) is 18.4 Å². The minimum absolute atomic E-state index is 0.182. The van der Waals surface area contributed by atoms with Crippen molar-refractivity contribution in [2.24, 2.45) is 0 Å². The lowest BCUT2D eigenvalue weighted by Gasteiger charge is -2.29. The lowest BCUT2D eigenvalue weighted by Crippen LogP contribution is -2.41. The van der Waals surface area contributed by atoms with Crippen molar-refractivity contribution in [3.63, 3.8) is 0 Å². The fraction of sp³-hybridized carbons (Fsp3) is 0.500. The van der Waals surface area contributed by atoms with Crippen molar-refractivity contribution in [3.8, 4) is 0 Å². The van der Waals surface area contributed by atoms with E-state index in [1.54, 1.807) is 0 Å². The van der Waals surface area contributed by atoms with Gasteiger partial charge >= 0.3 is 5.97 Å². The van der Waals surface area contributed by atoms with Gasteiger partial charge < -0.3 is 4.74 Å². The van der Waals surface area contributed by atoms with Gasteiger partial charge in [-0.2, -0.15) is 0 Å². The van der Waals surface area contributed by atoms with Crippen LogP contribution in [0.25, 0.3) is 0 Å². The van der Waals surface area contributed by atoms with Crippen molar-refractivity contribution in [2.45, 2.75) is 24.7 Å². The van der Waals surface area contributed by atoms with Crippen LogP contribution in [0.4, 0.5) is 0 Å². The lowest BCUT2D eigenvalue weighted by molar-refractivity contribution is -0.146. The lowest BCUT2D eigenvalue weighted by atomic mass is 10.1. The van der Waals surface area contributed by atoms with Gasteiger partial charge in [0, 0.05) is 23.8 Å². The molecule has 0 unspecified atom stereocenters. The Hall–Kier alpha value is -1.11. The zero-order valence-electron chi connectivity index (χ0n) is 11.6. The van der Waals surface area contributed by atoms with Gasteiger partial charge in [0.05, 0.1) is 11.8 Å². The second kappa shape index (κ2) is 7.24. The van der Waals surface area contributed by atoms with Crippen LogP contribution in [0, 0.1) is 0 Å². The van der Waals surface area contributed by atoms with Crippen LogP contribution in [0.1, 0.15) is 18.4 Å². The maximum absolute atomic E-state index is 11.8. The van der Waals surface area contributed by atoms with Gasteiger partial charge in [0.2, 0.25) is 9.05 Å². The molecule has 0 aliphatic carbocycles. The van der Waals surface area contributed by atoms with Crippen LogP contribution in [-0.4, -0.2) is 44.2 Å². The van der Waals surface area contributed by atoms with E-state index < -0.39 is 14.3 Å². The number of benzene rings is 1. The summed E-state index contributed by atoms with van der Waals surface area (Å²) in [5.41, 5.74) is 0.942. The first-order valence-electron chi connectivity index (χ1n) is 6.80. The Balaban J connectivity index is 1.72. The average molecular weight is 332 g/mol. The topological polar surface area (TPSA) is 63.7 Å². The van der Waals surface area contributed by atoms with Crippen LogP contribution in [-0.2, 0) is 25.2 Å². The molecule has 0 saturated carbocycles. The van der Waals surface area contributed by atoms with E-state index in [4.69, 9.17) is 15.4 Å². The van der Waals surface area contributed by atoms with Crippen molar-refractivity contribution in [1.29, 1.82) is 0 Å². The third-order valence-corrected chi connectivity index (χ3v) is 5.55. The molecule has 2 rings (SSSR count). The molecular formula is C14H18ClNO4S. The number of rotatable bonds is 5. The number of hydrogen-bond acceptors (Lipinski definition) is 5. The largest absolute Gasteiger partial charge is 0.460 e. The molecule has 0 spiro atoms. The zero-order valence-corrected chi connectivity index (χ0v) is 13.1. The first-order chi connectivity index (χ1) is 9.95. The first-order valence-corrected chi connectivity index (χ1v) is 9.18. The van der Waals surface area contributed by atoms with Crippen LogP contribution >= 0.6 is 10.7 Å². The number of nitrogens with zero attached hydrogens (tertiary/aromatic N) is 1. The smallest absolute Gasteiger partial charge is 0.320 e. The Bertz CT molecular complexity index is 568. The summed E-state index contributed by atoms with van der Waals surface area (Å²) in [7, 11) is 1.85. The van der Waals surface area contributed by atoms with Gasteiger partial charge in [-0.15, -0.1) is 0 Å². The Kier molecular flexibility index (Phi) is 5.61. The Morgan fingerprint density at radius 2 is 1.86 bits per heavy atom. The van der Waals surface area contributed by atoms with Gasteiger partial charge in [0.15, 0.2) is 0 Å². The zero-order chi connectivity index (χ0) is 15.3. The number of halogens is 1. The molecule has 0 atom stereocenters. The number of carbonyl (C=O) groups is 1. The minimum atomic E-state index is -3.49. The molecule has 1 heterocycles. The fourth-order valence-corrected chi connectivity index (χ4v) is 3.62. The summed E-state index contributed by atoms with van der Waals surface area (Å²) in [5, 5.41) is -0.504. The number of hydrogen-bond donors (Lipinski definition) is 0. The third-order valence-electron chi connectivity index (χ3n) is 3.53. The highest BCUT2D eigenvalue weighted by atomic mass is 35.7. The average Bonchev–Trinajstić information content (AvgIpc) is 2.46. The van der Waals surface area contributed by atoms with Gasteiger partial charge in [0.25, 0.3) is 0 Å². The summed E-state index contributed by atoms with van der Waals surface area (Å²) in [6.07, 6.45) is 0.912. The highest BCUT2D eigenvalue weighted by molar-refractivity contribution is 8.14. The molecule has 1 fully saturated rings. The molecule has 1 saturated heterocycles. The normalized spacial score (nSPS) is 17.6. The predicted octanol–water partition coefficient (Wildman–Crippen LogP) is 1.76. The first kappa shape index (κ1) is 16.3. The van der Waals surface area contributed by atoms with Gasteiger partial charge in [0.1, 0.15) is 6.61 Å². The van der Waals surface area contributed by atoms with Crippen molar-refractivity contribution in [3.05, 3.63) is 35.9 Å². The number of piperidine rings is 1. The highest BCUT2D eigenvalue weighted by Crippen LogP contribution is 2.20. The summed E-state index contributed by atoms with van der Waals surface area (Å²) in [6.45, 7) is 1.52. The molecule has 1 aliphatic heterocycles. The molecular weight excluding hydrogens is 314 g/mol. The second-order valence-corrected chi connectivity index (χ2v) is 8.01. The number of carbonyl (C=O) groups excluding carboxylic acids is 1. The van der Waals surface area contributed by atoms with E-state index in [0.29, 0.717) is 25.9 Å². The molecule has 0 N–H and O–H groups in total. The van der Waals surface area contributed by atoms with Crippen LogP contribution in [0.2, 0.25) is 0 Å². The Morgan fingerprint density at radius 1 is 1.24 bits per heavy atom. The summed E-state index contributed by atoms with van der Waals surface area (Å²) in [6, 6.07) is 9.47. The van der Waals surface area contributed by atoms with E-state index in [-0.39, 0.29) is 19.1 Å². The molecule has 5 nitrogen and oxygen atoms in total. The molecule has 1 aliphatic rings. The van der Waals surface area contributed by atoms with Gasteiger partial charge in [-0.3, -0.25) is 9.69 Å². The SMILES string of the molecule is O=C(CN1CCC(S(=O)(=O)Cl)CC1)OCc1ccccc1. The van der Waals surface area contributed by atoms with E-state index in [9.17, 15) is 13.2 Å². The summed E-state index contributed by atoms with van der Waals surface area (Å²) < 4.78 is 27.7. The quantitative estimate of drug-likeness (QED) is 0.607. The second-order valence-electron chi connectivity index (χ2n) is 5.10. The minimum Gasteiger partial charge on any atom is -0.460 e. The Morgan fingerprint density at radius 3 is 2.43 bits per heavy atom. The Labute approximate surface area is 129 Å². The summed E-state index contributed by atoms with van der Waals surface area (Å²) in [5.74, 6) is -0.300. The van der Waals surface area contributed by atoms with E-state index >= 15 is 0 Å². The third kappa shape index (κ3) is 5.30. The number of likely N-dealkylation sites (tertiary alicyclic amines) is 1. The molecule has 116 valence electrons. The van der Waals surface area contributed by atoms with Crippen LogP contribution in [0.15, 0.2) is 30.3 Å². The molecule has 1 aromatic carbocycles. The predicted molar refractivity (Wildman–Crippen MR) is 80.5 cm³/mol. The van der Waals surface area contributed by atoms with E-state index in [1.165, 1.54) is 0 Å². The van der Waals surface area contributed by atoms with Crippen LogP contribution in [0.5, 0.6) is 0 Å². The summed E-state index contributed by atoms with van der Waals surface area (Å²) in [4.78, 5) is 13.6. The van der Waals surface area contributed by atoms with Crippen LogP contribution < -0.4 is 0 Å². The van der Waals surface area contributed by atoms with Gasteiger partial charge in [-0.1, -0.05) is 30.3 Å². The molecule has 0 bridgehead atoms. The fourth-order valence-electron chi connectivity index (χ4n) is 2.32.